The molecule has 0 radical (unpaired) electrons. The lowest BCUT2D eigenvalue weighted by molar-refractivity contribution is -0.525. The molecule has 0 spiro atoms. The van der Waals surface area contributed by atoms with Gasteiger partial charge in [-0.25, -0.2) is 15.1 Å². The molecule has 2 aromatic carbocycles. The number of hydrazine groups is 1. The second-order valence-electron chi connectivity index (χ2n) is 4.67. The largest absolute Gasteiger partial charge is 0.365 e. The standard InChI is InChI=1S/C14H12N6O5/c15-14(18-20(24)25)17-11-5-3-10(4-6-11)16-13(21)9-1-7-12(8-2-9)19(22)23/h1-8H,(H,16,21)(H3,15,17,18). The third-order valence-electron chi connectivity index (χ3n) is 2.92. The van der Waals surface area contributed by atoms with Crippen LogP contribution >= 0.6 is 0 Å². The van der Waals surface area contributed by atoms with E-state index in [1.807, 2.05) is 0 Å². The van der Waals surface area contributed by atoms with Crippen molar-refractivity contribution in [3.63, 3.8) is 0 Å². The third-order valence-corrected chi connectivity index (χ3v) is 2.92. The number of benzene rings is 2. The summed E-state index contributed by atoms with van der Waals surface area (Å²) in [5.74, 6) is -0.826. The zero-order valence-electron chi connectivity index (χ0n) is 12.6. The van der Waals surface area contributed by atoms with E-state index >= 15 is 0 Å². The van der Waals surface area contributed by atoms with Gasteiger partial charge in [0.1, 0.15) is 0 Å². The van der Waals surface area contributed by atoms with Crippen LogP contribution < -0.4 is 16.5 Å². The van der Waals surface area contributed by atoms with E-state index in [2.05, 4.69) is 10.3 Å². The van der Waals surface area contributed by atoms with Crippen molar-refractivity contribution in [2.75, 3.05) is 5.32 Å². The molecule has 2 aromatic rings. The monoisotopic (exact) mass is 344 g/mol. The van der Waals surface area contributed by atoms with Gasteiger partial charge in [0.15, 0.2) is 5.03 Å². The predicted octanol–water partition coefficient (Wildman–Crippen LogP) is 1.57. The number of nitrogens with zero attached hydrogens (tertiary/aromatic N) is 3. The number of guanidine groups is 1. The van der Waals surface area contributed by atoms with Crippen LogP contribution in [0.1, 0.15) is 10.4 Å². The van der Waals surface area contributed by atoms with Crippen LogP contribution in [0.5, 0.6) is 0 Å². The van der Waals surface area contributed by atoms with E-state index in [1.54, 1.807) is 5.43 Å². The highest BCUT2D eigenvalue weighted by Gasteiger charge is 2.09. The summed E-state index contributed by atoms with van der Waals surface area (Å²) in [4.78, 5) is 36.1. The Hall–Kier alpha value is -4.02. The van der Waals surface area contributed by atoms with E-state index < -0.39 is 15.9 Å². The van der Waals surface area contributed by atoms with Crippen LogP contribution in [-0.4, -0.2) is 21.8 Å². The van der Waals surface area contributed by atoms with Crippen molar-refractivity contribution in [2.24, 2.45) is 10.7 Å². The average molecular weight is 344 g/mol. The summed E-state index contributed by atoms with van der Waals surface area (Å²) in [5, 5.41) is 22.6. The quantitative estimate of drug-likeness (QED) is 0.320. The summed E-state index contributed by atoms with van der Waals surface area (Å²) in [6.07, 6.45) is 0. The van der Waals surface area contributed by atoms with Crippen molar-refractivity contribution in [3.05, 3.63) is 74.3 Å². The molecule has 0 saturated carbocycles. The zero-order valence-corrected chi connectivity index (χ0v) is 12.6. The number of hydrogen-bond acceptors (Lipinski definition) is 6. The van der Waals surface area contributed by atoms with Crippen molar-refractivity contribution >= 4 is 28.9 Å². The number of amides is 1. The molecule has 0 fully saturated rings. The molecule has 25 heavy (non-hydrogen) atoms. The third kappa shape index (κ3) is 4.99. The lowest BCUT2D eigenvalue weighted by Gasteiger charge is -2.05. The van der Waals surface area contributed by atoms with Gasteiger partial charge in [0.05, 0.1) is 10.6 Å². The maximum Gasteiger partial charge on any atom is 0.269 e. The van der Waals surface area contributed by atoms with Gasteiger partial charge in [-0.3, -0.25) is 14.9 Å². The Balaban J connectivity index is 2.04. The van der Waals surface area contributed by atoms with Gasteiger partial charge in [-0.05, 0) is 36.4 Å². The molecule has 0 unspecified atom stereocenters. The molecule has 11 nitrogen and oxygen atoms in total. The molecule has 4 N–H and O–H groups in total. The van der Waals surface area contributed by atoms with E-state index in [9.17, 15) is 25.0 Å². The summed E-state index contributed by atoms with van der Waals surface area (Å²) < 4.78 is 0. The number of nitrogens with one attached hydrogen (secondary N) is 2. The Labute approximate surface area is 140 Å². The number of nitrogens with two attached hydrogens (primary N) is 1. The number of aliphatic imine (C=N–C) groups is 1. The lowest BCUT2D eigenvalue weighted by Crippen LogP contribution is -2.35. The van der Waals surface area contributed by atoms with Gasteiger partial charge in [0.25, 0.3) is 17.6 Å². The van der Waals surface area contributed by atoms with Gasteiger partial charge < -0.3 is 11.1 Å². The Morgan fingerprint density at radius 2 is 1.60 bits per heavy atom. The lowest BCUT2D eigenvalue weighted by atomic mass is 10.2. The van der Waals surface area contributed by atoms with E-state index in [4.69, 9.17) is 5.73 Å². The van der Waals surface area contributed by atoms with Gasteiger partial charge in [0.2, 0.25) is 0 Å². The topological polar surface area (TPSA) is 166 Å². The van der Waals surface area contributed by atoms with Crippen LogP contribution in [0.15, 0.2) is 53.5 Å². The fraction of sp³-hybridized carbons (Fsp3) is 0. The molecule has 0 atom stereocenters. The number of nitro benzene ring substituents is 1. The summed E-state index contributed by atoms with van der Waals surface area (Å²) in [7, 11) is 0. The molecule has 128 valence electrons. The Bertz CT molecular complexity index is 832. The predicted molar refractivity (Wildman–Crippen MR) is 88.9 cm³/mol. The molecule has 0 aliphatic rings. The second-order valence-corrected chi connectivity index (χ2v) is 4.67. The smallest absolute Gasteiger partial charge is 0.269 e. The van der Waals surface area contributed by atoms with Gasteiger partial charge in [-0.15, -0.1) is 0 Å². The van der Waals surface area contributed by atoms with E-state index in [0.717, 1.165) is 0 Å². The van der Waals surface area contributed by atoms with E-state index in [0.29, 0.717) is 11.4 Å². The first-order valence-electron chi connectivity index (χ1n) is 6.76. The Kier molecular flexibility index (Phi) is 5.20. The van der Waals surface area contributed by atoms with Crippen LogP contribution in [0.4, 0.5) is 17.1 Å². The van der Waals surface area contributed by atoms with Gasteiger partial charge in [0, 0.05) is 23.4 Å². The first-order valence-corrected chi connectivity index (χ1v) is 6.76. The van der Waals surface area contributed by atoms with Crippen molar-refractivity contribution in [2.45, 2.75) is 0 Å². The van der Waals surface area contributed by atoms with E-state index in [-0.39, 0.29) is 17.2 Å². The first kappa shape index (κ1) is 17.3. The Morgan fingerprint density at radius 3 is 2.12 bits per heavy atom. The van der Waals surface area contributed by atoms with Gasteiger partial charge >= 0.3 is 0 Å². The summed E-state index contributed by atoms with van der Waals surface area (Å²) in [6, 6.07) is 11.2. The number of nitro groups is 2. The molecular formula is C14H12N6O5. The number of carbonyl (C=O) groups is 1. The minimum Gasteiger partial charge on any atom is -0.365 e. The molecule has 0 bridgehead atoms. The van der Waals surface area contributed by atoms with Crippen LogP contribution in [0.3, 0.4) is 0 Å². The normalized spacial score (nSPS) is 10.8. The van der Waals surface area contributed by atoms with Gasteiger partial charge in [-0.1, -0.05) is 5.43 Å². The van der Waals surface area contributed by atoms with Crippen LogP contribution in [0.2, 0.25) is 0 Å². The molecule has 0 heterocycles. The highest BCUT2D eigenvalue weighted by Crippen LogP contribution is 2.18. The molecule has 1 amide bonds. The number of rotatable bonds is 5. The maximum atomic E-state index is 12.1. The molecule has 0 aromatic heterocycles. The van der Waals surface area contributed by atoms with Crippen LogP contribution in [-0.2, 0) is 0 Å². The fourth-order valence-electron chi connectivity index (χ4n) is 1.81. The zero-order chi connectivity index (χ0) is 18.4. The van der Waals surface area contributed by atoms with Crippen molar-refractivity contribution in [1.29, 1.82) is 0 Å². The fourth-order valence-corrected chi connectivity index (χ4v) is 1.81. The minimum atomic E-state index is -0.836. The highest BCUT2D eigenvalue weighted by atomic mass is 16.7. The summed E-state index contributed by atoms with van der Waals surface area (Å²) in [5.41, 5.74) is 7.96. The molecule has 0 saturated heterocycles. The Morgan fingerprint density at radius 1 is 1.00 bits per heavy atom. The molecular weight excluding hydrogens is 332 g/mol. The number of anilines is 1. The molecule has 11 heteroatoms. The van der Waals surface area contributed by atoms with Crippen molar-refractivity contribution in [3.8, 4) is 0 Å². The molecule has 0 aliphatic heterocycles. The maximum absolute atomic E-state index is 12.1. The second kappa shape index (κ2) is 7.50. The average Bonchev–Trinajstić information content (AvgIpc) is 2.56. The minimum absolute atomic E-state index is 0.111. The van der Waals surface area contributed by atoms with Gasteiger partial charge in [-0.2, -0.15) is 0 Å². The molecule has 0 aliphatic carbocycles. The van der Waals surface area contributed by atoms with Crippen molar-refractivity contribution in [1.82, 2.24) is 5.43 Å². The highest BCUT2D eigenvalue weighted by molar-refractivity contribution is 6.04. The number of non-ortho nitro benzene ring substituents is 1. The summed E-state index contributed by atoms with van der Waals surface area (Å²) in [6.45, 7) is 0. The first-order chi connectivity index (χ1) is 11.8. The van der Waals surface area contributed by atoms with Crippen LogP contribution in [0, 0.1) is 20.2 Å². The van der Waals surface area contributed by atoms with Crippen molar-refractivity contribution < 1.29 is 14.8 Å². The number of carbonyl (C=O) groups excluding carboxylic acids is 1. The number of hydrogen-bond donors (Lipinski definition) is 3. The summed E-state index contributed by atoms with van der Waals surface area (Å²) >= 11 is 0. The van der Waals surface area contributed by atoms with E-state index in [1.165, 1.54) is 48.5 Å². The van der Waals surface area contributed by atoms with Crippen LogP contribution in [0.25, 0.3) is 0 Å². The SMILES string of the molecule is NC(=Nc1ccc(NC(=O)c2ccc([N+](=O)[O-])cc2)cc1)N[N+](=O)[O-]. The molecule has 2 rings (SSSR count).